The molecule has 1 aliphatic rings. The Kier molecular flexibility index (Phi) is 14.4. The van der Waals surface area contributed by atoms with Gasteiger partial charge in [0.25, 0.3) is 0 Å². The van der Waals surface area contributed by atoms with Crippen LogP contribution < -0.4 is 10.1 Å². The minimum atomic E-state index is -1.09. The highest BCUT2D eigenvalue weighted by molar-refractivity contribution is 5.94. The minimum Gasteiger partial charge on any atom is -0.491 e. The van der Waals surface area contributed by atoms with Gasteiger partial charge in [0, 0.05) is 55.8 Å². The molecule has 2 atom stereocenters. The normalized spacial score (nSPS) is 14.4. The van der Waals surface area contributed by atoms with Crippen LogP contribution in [0.3, 0.4) is 0 Å². The van der Waals surface area contributed by atoms with E-state index in [0.717, 1.165) is 12.0 Å². The summed E-state index contributed by atoms with van der Waals surface area (Å²) in [5.74, 6) is -0.898. The summed E-state index contributed by atoms with van der Waals surface area (Å²) in [6, 6.07) is 7.93. The fourth-order valence-electron chi connectivity index (χ4n) is 5.25. The molecule has 2 N–H and O–H groups in total. The highest BCUT2D eigenvalue weighted by Crippen LogP contribution is 2.27. The van der Waals surface area contributed by atoms with Gasteiger partial charge in [-0.05, 0) is 88.6 Å². The van der Waals surface area contributed by atoms with Crippen LogP contribution in [0.4, 0.5) is 9.18 Å². The van der Waals surface area contributed by atoms with Crippen LogP contribution in [0, 0.1) is 5.92 Å². The number of nitrogens with one attached hydrogen (secondary N) is 1. The molecule has 0 radical (unpaired) electrons. The Hall–Kier alpha value is -4.48. The molecule has 1 aromatic carbocycles. The maximum atomic E-state index is 13.4. The van der Waals surface area contributed by atoms with Crippen LogP contribution in [0.15, 0.2) is 54.5 Å². The number of carboxylic acid groups (broad SMARTS) is 1. The Morgan fingerprint density at radius 3 is 2.48 bits per heavy atom. The molecule has 2 unspecified atom stereocenters. The summed E-state index contributed by atoms with van der Waals surface area (Å²) in [5, 5.41) is 12.5. The average molecular weight is 669 g/mol. The van der Waals surface area contributed by atoms with Crippen LogP contribution >= 0.6 is 0 Å². The van der Waals surface area contributed by atoms with E-state index in [2.05, 4.69) is 10.3 Å². The fourth-order valence-corrected chi connectivity index (χ4v) is 5.25. The van der Waals surface area contributed by atoms with E-state index in [4.69, 9.17) is 9.47 Å². The minimum absolute atomic E-state index is 0.0364. The van der Waals surface area contributed by atoms with Gasteiger partial charge in [-0.3, -0.25) is 19.4 Å². The maximum Gasteiger partial charge on any atom is 0.410 e. The highest BCUT2D eigenvalue weighted by atomic mass is 19.1. The number of aromatic nitrogens is 1. The molecule has 0 saturated carbocycles. The molecule has 12 heteroatoms. The van der Waals surface area contributed by atoms with Crippen LogP contribution in [-0.4, -0.2) is 82.3 Å². The van der Waals surface area contributed by atoms with E-state index in [-0.39, 0.29) is 30.9 Å². The number of rotatable bonds is 16. The van der Waals surface area contributed by atoms with Crippen LogP contribution in [0.5, 0.6) is 5.75 Å². The van der Waals surface area contributed by atoms with Gasteiger partial charge in [-0.25, -0.2) is 9.18 Å². The van der Waals surface area contributed by atoms with Gasteiger partial charge >= 0.3 is 12.1 Å². The molecule has 2 heterocycles. The van der Waals surface area contributed by atoms with Crippen molar-refractivity contribution in [3.8, 4) is 16.9 Å². The van der Waals surface area contributed by atoms with Crippen LogP contribution in [-0.2, 0) is 19.1 Å². The maximum absolute atomic E-state index is 13.4. The number of carbonyl (C=O) groups is 4. The van der Waals surface area contributed by atoms with Crippen molar-refractivity contribution in [1.82, 2.24) is 20.1 Å². The fraction of sp³-hybridized carbons (Fsp3) is 0.528. The van der Waals surface area contributed by atoms with Gasteiger partial charge in [0.1, 0.15) is 24.6 Å². The van der Waals surface area contributed by atoms with Gasteiger partial charge in [-0.1, -0.05) is 19.1 Å². The molecule has 1 aromatic heterocycles. The molecule has 11 nitrogen and oxygen atoms in total. The van der Waals surface area contributed by atoms with Gasteiger partial charge in [0.2, 0.25) is 11.8 Å². The number of hydrogen-bond donors (Lipinski definition) is 2. The molecular formula is C36H49FN4O7. The Morgan fingerprint density at radius 2 is 1.83 bits per heavy atom. The Bertz CT molecular complexity index is 1420. The number of nitrogens with zero attached hydrogens (tertiary/aromatic N) is 3. The van der Waals surface area contributed by atoms with Crippen LogP contribution in [0.2, 0.25) is 0 Å². The van der Waals surface area contributed by atoms with Crippen molar-refractivity contribution >= 4 is 23.9 Å². The molecule has 0 fully saturated rings. The Labute approximate surface area is 282 Å². The van der Waals surface area contributed by atoms with Crippen LogP contribution in [0.1, 0.15) is 84.7 Å². The second-order valence-electron chi connectivity index (χ2n) is 13.0. The standard InChI is InChI=1S/C36H49FN4O7/c1-6-40(35(46)48-36(3,4)5)18-15-25(2)9-14-32(42)41-17-7-8-27(24-41)34(45)39-31(21-33(43)44)29-20-28(22-38-23-29)26-10-12-30(13-11-26)47-19-16-37/h10-13,20,22-25,31H,6-9,14-19,21H2,1-5H3,(H,39,45)(H,43,44). The lowest BCUT2D eigenvalue weighted by molar-refractivity contribution is -0.137. The first-order valence-electron chi connectivity index (χ1n) is 16.5. The van der Waals surface area contributed by atoms with Gasteiger partial charge in [-0.2, -0.15) is 0 Å². The summed E-state index contributed by atoms with van der Waals surface area (Å²) in [5.41, 5.74) is 1.86. The summed E-state index contributed by atoms with van der Waals surface area (Å²) in [6.45, 7) is 10.4. The lowest BCUT2D eigenvalue weighted by Gasteiger charge is -2.28. The number of carbonyl (C=O) groups excluding carboxylic acids is 3. The van der Waals surface area contributed by atoms with E-state index < -0.39 is 30.2 Å². The predicted octanol–water partition coefficient (Wildman–Crippen LogP) is 6.30. The van der Waals surface area contributed by atoms with Gasteiger partial charge in [0.15, 0.2) is 0 Å². The van der Waals surface area contributed by atoms with Crippen LogP contribution in [0.25, 0.3) is 11.1 Å². The molecule has 3 amide bonds. The molecule has 0 saturated heterocycles. The number of halogens is 1. The SMILES string of the molecule is CCN(CCC(C)CCC(=O)N1C=C(C(=O)NC(CC(=O)O)c2cncc(-c3ccc(OCCF)cc3)c2)CCC1)C(=O)OC(C)(C)C. The van der Waals surface area contributed by atoms with Crippen molar-refractivity contribution < 1.29 is 38.1 Å². The summed E-state index contributed by atoms with van der Waals surface area (Å²) in [7, 11) is 0. The summed E-state index contributed by atoms with van der Waals surface area (Å²) >= 11 is 0. The second-order valence-corrected chi connectivity index (χ2v) is 13.0. The van der Waals surface area contributed by atoms with E-state index in [1.54, 1.807) is 52.5 Å². The third-order valence-electron chi connectivity index (χ3n) is 7.92. The summed E-state index contributed by atoms with van der Waals surface area (Å²) in [4.78, 5) is 58.2. The largest absolute Gasteiger partial charge is 0.491 e. The molecular weight excluding hydrogens is 619 g/mol. The Morgan fingerprint density at radius 1 is 1.10 bits per heavy atom. The van der Waals surface area contributed by atoms with E-state index in [9.17, 15) is 28.7 Å². The highest BCUT2D eigenvalue weighted by Gasteiger charge is 2.26. The lowest BCUT2D eigenvalue weighted by Crippen LogP contribution is -2.37. The molecule has 0 spiro atoms. The zero-order valence-corrected chi connectivity index (χ0v) is 28.7. The van der Waals surface area contributed by atoms with Gasteiger partial charge in [0.05, 0.1) is 12.5 Å². The number of amides is 3. The summed E-state index contributed by atoms with van der Waals surface area (Å²) < 4.78 is 23.2. The van der Waals surface area contributed by atoms with Gasteiger partial charge < -0.3 is 29.7 Å². The second kappa shape index (κ2) is 18.2. The van der Waals surface area contributed by atoms with Crippen molar-refractivity contribution in [1.29, 1.82) is 0 Å². The lowest BCUT2D eigenvalue weighted by atomic mass is 9.99. The quantitative estimate of drug-likeness (QED) is 0.213. The number of aliphatic carboxylic acids is 1. The topological polar surface area (TPSA) is 138 Å². The van der Waals surface area contributed by atoms with Crippen molar-refractivity contribution in [2.24, 2.45) is 5.92 Å². The van der Waals surface area contributed by atoms with Crippen molar-refractivity contribution in [2.75, 3.05) is 32.9 Å². The number of pyridine rings is 1. The smallest absolute Gasteiger partial charge is 0.410 e. The molecule has 2 aromatic rings. The first kappa shape index (κ1) is 38.0. The third kappa shape index (κ3) is 12.3. The molecule has 3 rings (SSSR count). The van der Waals surface area contributed by atoms with Crippen molar-refractivity contribution in [3.63, 3.8) is 0 Å². The van der Waals surface area contributed by atoms with E-state index in [1.165, 1.54) is 6.20 Å². The van der Waals surface area contributed by atoms with Crippen molar-refractivity contribution in [2.45, 2.75) is 84.8 Å². The van der Waals surface area contributed by atoms with Gasteiger partial charge in [-0.15, -0.1) is 0 Å². The number of alkyl halides is 1. The number of ether oxygens (including phenoxy) is 2. The molecule has 0 bridgehead atoms. The monoisotopic (exact) mass is 668 g/mol. The number of hydrogen-bond acceptors (Lipinski definition) is 7. The first-order chi connectivity index (χ1) is 22.8. The summed E-state index contributed by atoms with van der Waals surface area (Å²) in [6.07, 6.45) is 6.75. The van der Waals surface area contributed by atoms with E-state index in [0.29, 0.717) is 67.8 Å². The molecule has 0 aliphatic carbocycles. The van der Waals surface area contributed by atoms with E-state index in [1.807, 2.05) is 34.6 Å². The number of carboxylic acids is 1. The Balaban J connectivity index is 1.61. The van der Waals surface area contributed by atoms with Crippen molar-refractivity contribution in [3.05, 3.63) is 60.1 Å². The van der Waals surface area contributed by atoms with E-state index >= 15 is 0 Å². The predicted molar refractivity (Wildman–Crippen MR) is 180 cm³/mol. The molecule has 262 valence electrons. The molecule has 1 aliphatic heterocycles. The first-order valence-corrected chi connectivity index (χ1v) is 16.5. The zero-order valence-electron chi connectivity index (χ0n) is 28.7. The number of benzene rings is 1. The molecule has 48 heavy (non-hydrogen) atoms. The third-order valence-corrected chi connectivity index (χ3v) is 7.92. The zero-order chi connectivity index (χ0) is 35.3. The average Bonchev–Trinajstić information content (AvgIpc) is 3.05.